The Morgan fingerprint density at radius 2 is 0.732 bits per heavy atom. The van der Waals surface area contributed by atoms with Crippen molar-refractivity contribution in [3.05, 3.63) is 212 Å². The molecule has 0 aliphatic carbocycles. The fourth-order valence-corrected chi connectivity index (χ4v) is 7.68. The molecule has 0 amide bonds. The van der Waals surface area contributed by atoms with E-state index in [1.807, 2.05) is 18.2 Å². The molecule has 0 saturated heterocycles. The highest BCUT2D eigenvalue weighted by atomic mass is 14.9. The monoisotopic (exact) mass is 713 g/mol. The zero-order chi connectivity index (χ0) is 37.3. The molecule has 0 bridgehead atoms. The third-order valence-corrected chi connectivity index (χ3v) is 10.5. The molecule has 8 aromatic carbocycles. The van der Waals surface area contributed by atoms with Gasteiger partial charge in [-0.3, -0.25) is 0 Å². The lowest BCUT2D eigenvalue weighted by molar-refractivity contribution is 1.18. The quantitative estimate of drug-likeness (QED) is 0.154. The van der Waals surface area contributed by atoms with Crippen LogP contribution in [0.4, 0.5) is 0 Å². The van der Waals surface area contributed by atoms with Crippen LogP contribution in [-0.2, 0) is 0 Å². The van der Waals surface area contributed by atoms with Crippen LogP contribution in [0.3, 0.4) is 0 Å². The van der Waals surface area contributed by atoms with E-state index in [0.717, 1.165) is 72.3 Å². The third kappa shape index (κ3) is 6.31. The van der Waals surface area contributed by atoms with Crippen LogP contribution in [0.25, 0.3) is 100 Å². The molecule has 0 atom stereocenters. The minimum Gasteiger partial charge on any atom is -0.247 e. The number of rotatable bonds is 7. The molecule has 2 aromatic heterocycles. The average Bonchev–Trinajstić information content (AvgIpc) is 3.29. The zero-order valence-electron chi connectivity index (χ0n) is 30.5. The molecular formula is C53H35N3. The highest BCUT2D eigenvalue weighted by molar-refractivity contribution is 6.17. The van der Waals surface area contributed by atoms with Crippen LogP contribution in [-0.4, -0.2) is 15.0 Å². The van der Waals surface area contributed by atoms with E-state index in [-0.39, 0.29) is 0 Å². The van der Waals surface area contributed by atoms with E-state index < -0.39 is 0 Å². The van der Waals surface area contributed by atoms with Crippen molar-refractivity contribution in [1.82, 2.24) is 15.0 Å². The van der Waals surface area contributed by atoms with Gasteiger partial charge in [0.2, 0.25) is 0 Å². The lowest BCUT2D eigenvalue weighted by atomic mass is 9.92. The predicted octanol–water partition coefficient (Wildman–Crippen LogP) is 13.8. The van der Waals surface area contributed by atoms with Gasteiger partial charge in [-0.15, -0.1) is 0 Å². The fourth-order valence-electron chi connectivity index (χ4n) is 7.68. The van der Waals surface area contributed by atoms with Crippen LogP contribution in [0.1, 0.15) is 0 Å². The van der Waals surface area contributed by atoms with E-state index in [1.54, 1.807) is 0 Å². The maximum Gasteiger partial charge on any atom is 0.160 e. The molecule has 0 fully saturated rings. The summed E-state index contributed by atoms with van der Waals surface area (Å²) in [6.45, 7) is 0. The molecule has 56 heavy (non-hydrogen) atoms. The smallest absolute Gasteiger partial charge is 0.160 e. The summed E-state index contributed by atoms with van der Waals surface area (Å²) in [7, 11) is 0. The largest absolute Gasteiger partial charge is 0.247 e. The molecule has 3 heteroatoms. The van der Waals surface area contributed by atoms with Gasteiger partial charge in [0.1, 0.15) is 0 Å². The van der Waals surface area contributed by atoms with Crippen molar-refractivity contribution in [2.24, 2.45) is 0 Å². The Bertz CT molecular complexity index is 2870. The van der Waals surface area contributed by atoms with Crippen LogP contribution in [0, 0.1) is 0 Å². The Kier molecular flexibility index (Phi) is 8.51. The Morgan fingerprint density at radius 1 is 0.268 bits per heavy atom. The van der Waals surface area contributed by atoms with E-state index >= 15 is 0 Å². The molecule has 3 nitrogen and oxygen atoms in total. The molecule has 0 saturated carbocycles. The average molecular weight is 714 g/mol. The number of para-hydroxylation sites is 1. The number of nitrogens with zero attached hydrogens (tertiary/aromatic N) is 3. The highest BCUT2D eigenvalue weighted by Gasteiger charge is 2.16. The zero-order valence-corrected chi connectivity index (χ0v) is 30.5. The van der Waals surface area contributed by atoms with Crippen molar-refractivity contribution in [3.63, 3.8) is 0 Å². The van der Waals surface area contributed by atoms with Gasteiger partial charge in [-0.05, 0) is 51.6 Å². The minimum absolute atomic E-state index is 0.685. The molecule has 0 unspecified atom stereocenters. The molecule has 0 radical (unpaired) electrons. The molecule has 2 heterocycles. The first-order valence-electron chi connectivity index (χ1n) is 18.9. The number of hydrogen-bond donors (Lipinski definition) is 0. The number of pyridine rings is 1. The number of aromatic nitrogens is 3. The minimum atomic E-state index is 0.685. The maximum absolute atomic E-state index is 5.25. The second-order valence-electron chi connectivity index (χ2n) is 14.0. The van der Waals surface area contributed by atoms with Crippen molar-refractivity contribution >= 4 is 21.7 Å². The van der Waals surface area contributed by atoms with Gasteiger partial charge in [-0.2, -0.15) is 0 Å². The summed E-state index contributed by atoms with van der Waals surface area (Å²) < 4.78 is 0. The summed E-state index contributed by atoms with van der Waals surface area (Å²) in [4.78, 5) is 15.6. The summed E-state index contributed by atoms with van der Waals surface area (Å²) >= 11 is 0. The van der Waals surface area contributed by atoms with Crippen LogP contribution >= 0.6 is 0 Å². The molecular weight excluding hydrogens is 679 g/mol. The standard InChI is InChI=1S/C53H35N3/c1-4-14-36(15-5-1)38-26-30-40(31-27-38)49-35-50(56-53(55-49)42-32-28-39(29-33-42)37-16-6-2-7-17-37)44-21-12-20-43(34-44)45-23-13-24-47-51(45)46-22-10-11-25-48(46)54-52(47)41-18-8-3-9-19-41/h1-35H. The normalized spacial score (nSPS) is 11.2. The number of fused-ring (bicyclic) bond motifs is 3. The van der Waals surface area contributed by atoms with Crippen molar-refractivity contribution in [3.8, 4) is 78.5 Å². The Morgan fingerprint density at radius 3 is 1.39 bits per heavy atom. The summed E-state index contributed by atoms with van der Waals surface area (Å²) in [6.07, 6.45) is 0. The molecule has 0 N–H and O–H groups in total. The van der Waals surface area contributed by atoms with Crippen molar-refractivity contribution in [2.45, 2.75) is 0 Å². The third-order valence-electron chi connectivity index (χ3n) is 10.5. The van der Waals surface area contributed by atoms with Crippen LogP contribution in [0.2, 0.25) is 0 Å². The van der Waals surface area contributed by atoms with Crippen molar-refractivity contribution in [1.29, 1.82) is 0 Å². The molecule has 10 rings (SSSR count). The van der Waals surface area contributed by atoms with Gasteiger partial charge in [-0.1, -0.05) is 194 Å². The highest BCUT2D eigenvalue weighted by Crippen LogP contribution is 2.40. The topological polar surface area (TPSA) is 38.7 Å². The Hall–Kier alpha value is -7.49. The SMILES string of the molecule is c1ccc(-c2ccc(-c3cc(-c4cccc(-c5cccc6c(-c7ccccc7)nc7ccccc7c56)c4)nc(-c4ccc(-c5ccccc5)cc4)n3)cc2)cc1. The van der Waals surface area contributed by atoms with E-state index in [9.17, 15) is 0 Å². The Balaban J connectivity index is 1.12. The van der Waals surface area contributed by atoms with Gasteiger partial charge in [0.15, 0.2) is 5.82 Å². The van der Waals surface area contributed by atoms with Crippen LogP contribution in [0.5, 0.6) is 0 Å². The first-order chi connectivity index (χ1) is 27.7. The molecule has 10 aromatic rings. The lowest BCUT2D eigenvalue weighted by Gasteiger charge is -2.15. The van der Waals surface area contributed by atoms with Crippen molar-refractivity contribution < 1.29 is 0 Å². The second-order valence-corrected chi connectivity index (χ2v) is 14.0. The maximum atomic E-state index is 5.25. The van der Waals surface area contributed by atoms with Gasteiger partial charge in [0, 0.05) is 38.4 Å². The molecule has 262 valence electrons. The van der Waals surface area contributed by atoms with Gasteiger partial charge in [0.05, 0.1) is 22.6 Å². The summed E-state index contributed by atoms with van der Waals surface area (Å²) in [5.41, 5.74) is 14.8. The second kappa shape index (κ2) is 14.4. The van der Waals surface area contributed by atoms with Crippen LogP contribution in [0.15, 0.2) is 212 Å². The fraction of sp³-hybridized carbons (Fsp3) is 0. The molecule has 0 spiro atoms. The van der Waals surface area contributed by atoms with E-state index in [4.69, 9.17) is 15.0 Å². The molecule has 0 aliphatic heterocycles. The van der Waals surface area contributed by atoms with E-state index in [0.29, 0.717) is 5.82 Å². The van der Waals surface area contributed by atoms with Crippen molar-refractivity contribution in [2.75, 3.05) is 0 Å². The van der Waals surface area contributed by atoms with Gasteiger partial charge in [0.25, 0.3) is 0 Å². The predicted molar refractivity (Wildman–Crippen MR) is 233 cm³/mol. The molecule has 0 aliphatic rings. The number of hydrogen-bond acceptors (Lipinski definition) is 3. The first kappa shape index (κ1) is 33.1. The first-order valence-corrected chi connectivity index (χ1v) is 18.9. The Labute approximate surface area is 326 Å². The summed E-state index contributed by atoms with van der Waals surface area (Å²) in [5.74, 6) is 0.685. The van der Waals surface area contributed by atoms with Crippen LogP contribution < -0.4 is 0 Å². The van der Waals surface area contributed by atoms with Gasteiger partial charge < -0.3 is 0 Å². The van der Waals surface area contributed by atoms with Gasteiger partial charge in [-0.25, -0.2) is 15.0 Å². The number of benzene rings is 8. The van der Waals surface area contributed by atoms with Gasteiger partial charge >= 0.3 is 0 Å². The summed E-state index contributed by atoms with van der Waals surface area (Å²) in [6, 6.07) is 74.5. The van der Waals surface area contributed by atoms with E-state index in [2.05, 4.69) is 194 Å². The lowest BCUT2D eigenvalue weighted by Crippen LogP contribution is -1.96. The van der Waals surface area contributed by atoms with E-state index in [1.165, 1.54) is 22.1 Å². The summed E-state index contributed by atoms with van der Waals surface area (Å²) in [5, 5.41) is 3.45.